The van der Waals surface area contributed by atoms with Gasteiger partial charge in [-0.15, -0.1) is 0 Å². The highest BCUT2D eigenvalue weighted by Crippen LogP contribution is 2.11. The van der Waals surface area contributed by atoms with Gasteiger partial charge in [0.2, 0.25) is 0 Å². The van der Waals surface area contributed by atoms with E-state index in [4.69, 9.17) is 0 Å². The molecule has 0 radical (unpaired) electrons. The molecule has 0 aromatic heterocycles. The summed E-state index contributed by atoms with van der Waals surface area (Å²) in [6.07, 6.45) is 0. The molecule has 0 saturated heterocycles. The number of carbonyl (C=O) groups is 1. The van der Waals surface area contributed by atoms with Gasteiger partial charge < -0.3 is 10.6 Å². The van der Waals surface area contributed by atoms with Crippen molar-refractivity contribution in [1.82, 2.24) is 10.2 Å². The lowest BCUT2D eigenvalue weighted by molar-refractivity contribution is 0.176. The lowest BCUT2D eigenvalue weighted by Crippen LogP contribution is -2.43. The van der Waals surface area contributed by atoms with Crippen molar-refractivity contribution in [2.75, 3.05) is 18.4 Å². The van der Waals surface area contributed by atoms with Gasteiger partial charge in [-0.25, -0.2) is 9.18 Å². The van der Waals surface area contributed by atoms with E-state index in [0.29, 0.717) is 18.6 Å². The van der Waals surface area contributed by atoms with Crippen LogP contribution < -0.4 is 10.6 Å². The van der Waals surface area contributed by atoms with Crippen molar-refractivity contribution >= 4 is 11.7 Å². The standard InChI is InChI=1S/C15H24FN3O/c1-11(2)19(12(3)4)10-9-17-15(20)18-14-8-6-5-7-13(14)16/h5-8,11-12H,9-10H2,1-4H3,(H2,17,18,20). The van der Waals surface area contributed by atoms with Crippen molar-refractivity contribution in [1.29, 1.82) is 0 Å². The Morgan fingerprint density at radius 3 is 2.35 bits per heavy atom. The van der Waals surface area contributed by atoms with Gasteiger partial charge in [-0.05, 0) is 39.8 Å². The molecule has 0 fully saturated rings. The number of urea groups is 1. The molecule has 1 aromatic rings. The maximum atomic E-state index is 13.4. The summed E-state index contributed by atoms with van der Waals surface area (Å²) in [7, 11) is 0. The highest BCUT2D eigenvalue weighted by Gasteiger charge is 2.13. The van der Waals surface area contributed by atoms with Crippen LogP contribution in [0.4, 0.5) is 14.9 Å². The van der Waals surface area contributed by atoms with E-state index in [1.807, 2.05) is 0 Å². The molecule has 0 bridgehead atoms. The molecule has 0 aliphatic carbocycles. The highest BCUT2D eigenvalue weighted by atomic mass is 19.1. The average molecular weight is 281 g/mol. The molecule has 0 aliphatic heterocycles. The van der Waals surface area contributed by atoms with Crippen molar-refractivity contribution < 1.29 is 9.18 Å². The van der Waals surface area contributed by atoms with Gasteiger partial charge in [-0.2, -0.15) is 0 Å². The van der Waals surface area contributed by atoms with Crippen molar-refractivity contribution in [2.24, 2.45) is 0 Å². The summed E-state index contributed by atoms with van der Waals surface area (Å²) in [6.45, 7) is 9.79. The van der Waals surface area contributed by atoms with Crippen LogP contribution in [0.25, 0.3) is 0 Å². The van der Waals surface area contributed by atoms with Crippen molar-refractivity contribution in [3.8, 4) is 0 Å². The number of carbonyl (C=O) groups excluding carboxylic acids is 1. The number of para-hydroxylation sites is 1. The third-order valence-corrected chi connectivity index (χ3v) is 3.10. The van der Waals surface area contributed by atoms with Gasteiger partial charge >= 0.3 is 6.03 Å². The normalized spacial score (nSPS) is 11.2. The van der Waals surface area contributed by atoms with E-state index in [1.165, 1.54) is 12.1 Å². The molecule has 0 unspecified atom stereocenters. The van der Waals surface area contributed by atoms with Crippen LogP contribution >= 0.6 is 0 Å². The number of rotatable bonds is 6. The fourth-order valence-electron chi connectivity index (χ4n) is 2.14. The number of hydrogen-bond acceptors (Lipinski definition) is 2. The van der Waals surface area contributed by atoms with Crippen LogP contribution in [0.2, 0.25) is 0 Å². The monoisotopic (exact) mass is 281 g/mol. The summed E-state index contributed by atoms with van der Waals surface area (Å²) in [5.74, 6) is -0.436. The van der Waals surface area contributed by atoms with Gasteiger partial charge in [0.25, 0.3) is 0 Å². The Labute approximate surface area is 120 Å². The summed E-state index contributed by atoms with van der Waals surface area (Å²) in [5.41, 5.74) is 0.189. The molecule has 20 heavy (non-hydrogen) atoms. The lowest BCUT2D eigenvalue weighted by atomic mass is 10.2. The van der Waals surface area contributed by atoms with E-state index >= 15 is 0 Å². The number of benzene rings is 1. The number of halogens is 1. The van der Waals surface area contributed by atoms with Gasteiger partial charge in [-0.1, -0.05) is 12.1 Å². The van der Waals surface area contributed by atoms with Crippen LogP contribution in [0.1, 0.15) is 27.7 Å². The molecule has 0 atom stereocenters. The summed E-state index contributed by atoms with van der Waals surface area (Å²) >= 11 is 0. The Hall–Kier alpha value is -1.62. The first-order valence-corrected chi connectivity index (χ1v) is 6.97. The molecule has 2 N–H and O–H groups in total. The fourth-order valence-corrected chi connectivity index (χ4v) is 2.14. The van der Waals surface area contributed by atoms with Gasteiger partial charge in [0.1, 0.15) is 5.82 Å². The van der Waals surface area contributed by atoms with Crippen molar-refractivity contribution in [2.45, 2.75) is 39.8 Å². The third kappa shape index (κ3) is 5.17. The first-order valence-electron chi connectivity index (χ1n) is 6.97. The zero-order valence-electron chi connectivity index (χ0n) is 12.6. The molecule has 5 heteroatoms. The summed E-state index contributed by atoms with van der Waals surface area (Å²) in [6, 6.07) is 6.57. The second-order valence-corrected chi connectivity index (χ2v) is 5.29. The van der Waals surface area contributed by atoms with Gasteiger partial charge in [0.15, 0.2) is 0 Å². The first-order chi connectivity index (χ1) is 9.41. The van der Waals surface area contributed by atoms with E-state index in [-0.39, 0.29) is 11.7 Å². The van der Waals surface area contributed by atoms with Crippen LogP contribution in [-0.2, 0) is 0 Å². The van der Waals surface area contributed by atoms with E-state index in [9.17, 15) is 9.18 Å². The van der Waals surface area contributed by atoms with Gasteiger partial charge in [0.05, 0.1) is 5.69 Å². The minimum Gasteiger partial charge on any atom is -0.337 e. The Kier molecular flexibility index (Phi) is 6.45. The van der Waals surface area contributed by atoms with Crippen LogP contribution in [0.3, 0.4) is 0 Å². The minimum atomic E-state index is -0.436. The summed E-state index contributed by atoms with van der Waals surface area (Å²) < 4.78 is 13.4. The second-order valence-electron chi connectivity index (χ2n) is 5.29. The SMILES string of the molecule is CC(C)N(CCNC(=O)Nc1ccccc1F)C(C)C. The Morgan fingerprint density at radius 2 is 1.80 bits per heavy atom. The van der Waals surface area contributed by atoms with Crippen molar-refractivity contribution in [3.63, 3.8) is 0 Å². The molecule has 4 nitrogen and oxygen atoms in total. The van der Waals surface area contributed by atoms with E-state index in [0.717, 1.165) is 6.54 Å². The molecular formula is C15H24FN3O. The van der Waals surface area contributed by atoms with Crippen LogP contribution in [0.15, 0.2) is 24.3 Å². The minimum absolute atomic E-state index is 0.189. The molecular weight excluding hydrogens is 257 g/mol. The fraction of sp³-hybridized carbons (Fsp3) is 0.533. The molecule has 0 saturated carbocycles. The number of nitrogens with one attached hydrogen (secondary N) is 2. The van der Waals surface area contributed by atoms with E-state index < -0.39 is 5.82 Å². The zero-order valence-corrected chi connectivity index (χ0v) is 12.6. The molecule has 1 aromatic carbocycles. The molecule has 1 rings (SSSR count). The number of hydrogen-bond donors (Lipinski definition) is 2. The maximum Gasteiger partial charge on any atom is 0.319 e. The summed E-state index contributed by atoms with van der Waals surface area (Å²) in [5, 5.41) is 5.24. The molecule has 0 spiro atoms. The Balaban J connectivity index is 2.39. The van der Waals surface area contributed by atoms with E-state index in [1.54, 1.807) is 12.1 Å². The largest absolute Gasteiger partial charge is 0.337 e. The Morgan fingerprint density at radius 1 is 1.20 bits per heavy atom. The lowest BCUT2D eigenvalue weighted by Gasteiger charge is -2.30. The second kappa shape index (κ2) is 7.85. The predicted octanol–water partition coefficient (Wildman–Crippen LogP) is 3.07. The van der Waals surface area contributed by atoms with E-state index in [2.05, 4.69) is 43.2 Å². The smallest absolute Gasteiger partial charge is 0.319 e. The average Bonchev–Trinajstić information content (AvgIpc) is 2.36. The number of nitrogens with zero attached hydrogens (tertiary/aromatic N) is 1. The molecule has 112 valence electrons. The quantitative estimate of drug-likeness (QED) is 0.841. The zero-order chi connectivity index (χ0) is 15.1. The molecule has 2 amide bonds. The topological polar surface area (TPSA) is 44.4 Å². The summed E-state index contributed by atoms with van der Waals surface area (Å²) in [4.78, 5) is 14.0. The molecule has 0 aliphatic rings. The number of anilines is 1. The molecule has 0 heterocycles. The van der Waals surface area contributed by atoms with Gasteiger partial charge in [0, 0.05) is 25.2 Å². The Bertz CT molecular complexity index is 427. The van der Waals surface area contributed by atoms with Crippen LogP contribution in [0.5, 0.6) is 0 Å². The van der Waals surface area contributed by atoms with Crippen LogP contribution in [-0.4, -0.2) is 36.1 Å². The number of amides is 2. The third-order valence-electron chi connectivity index (χ3n) is 3.10. The highest BCUT2D eigenvalue weighted by molar-refractivity contribution is 5.89. The van der Waals surface area contributed by atoms with Crippen LogP contribution in [0, 0.1) is 5.82 Å². The van der Waals surface area contributed by atoms with Gasteiger partial charge in [-0.3, -0.25) is 4.90 Å². The predicted molar refractivity (Wildman–Crippen MR) is 80.4 cm³/mol. The van der Waals surface area contributed by atoms with Crippen molar-refractivity contribution in [3.05, 3.63) is 30.1 Å². The first kappa shape index (κ1) is 16.4. The maximum absolute atomic E-state index is 13.4.